The van der Waals surface area contributed by atoms with Crippen LogP contribution in [0.5, 0.6) is 0 Å². The number of hydrogen-bond acceptors (Lipinski definition) is 2. The Morgan fingerprint density at radius 2 is 0.852 bits per heavy atom. The molecule has 1 heterocycles. The smallest absolute Gasteiger partial charge is 0.135 e. The first-order chi connectivity index (χ1) is 26.7. The minimum absolute atomic E-state index is 0.882. The zero-order valence-electron chi connectivity index (χ0n) is 29.6. The van der Waals surface area contributed by atoms with E-state index >= 15 is 0 Å². The average molecular weight is 690 g/mol. The number of anilines is 3. The van der Waals surface area contributed by atoms with E-state index in [4.69, 9.17) is 4.42 Å². The van der Waals surface area contributed by atoms with Crippen LogP contribution in [0, 0.1) is 0 Å². The summed E-state index contributed by atoms with van der Waals surface area (Å²) in [4.78, 5) is 2.35. The molecule has 0 fully saturated rings. The van der Waals surface area contributed by atoms with E-state index in [1.54, 1.807) is 0 Å². The second kappa shape index (κ2) is 13.4. The van der Waals surface area contributed by atoms with Crippen molar-refractivity contribution in [3.8, 4) is 44.5 Å². The lowest BCUT2D eigenvalue weighted by atomic mass is 9.94. The summed E-state index contributed by atoms with van der Waals surface area (Å²) in [5.74, 6) is 0. The third-order valence-corrected chi connectivity index (χ3v) is 10.4. The van der Waals surface area contributed by atoms with Gasteiger partial charge < -0.3 is 9.32 Å². The fourth-order valence-corrected chi connectivity index (χ4v) is 7.77. The minimum atomic E-state index is 0.882. The highest BCUT2D eigenvalue weighted by Gasteiger charge is 2.17. The summed E-state index contributed by atoms with van der Waals surface area (Å²) in [6.07, 6.45) is 0. The Morgan fingerprint density at radius 3 is 1.70 bits per heavy atom. The average Bonchev–Trinajstić information content (AvgIpc) is 3.62. The number of hydrogen-bond donors (Lipinski definition) is 0. The van der Waals surface area contributed by atoms with Crippen molar-refractivity contribution in [2.24, 2.45) is 0 Å². The molecule has 0 spiro atoms. The van der Waals surface area contributed by atoms with Gasteiger partial charge in [0.1, 0.15) is 11.2 Å². The molecule has 0 aliphatic carbocycles. The van der Waals surface area contributed by atoms with Gasteiger partial charge in [-0.05, 0) is 116 Å². The van der Waals surface area contributed by atoms with Gasteiger partial charge in [0, 0.05) is 27.8 Å². The van der Waals surface area contributed by atoms with Crippen LogP contribution in [0.4, 0.5) is 17.1 Å². The highest BCUT2D eigenvalue weighted by atomic mass is 16.3. The van der Waals surface area contributed by atoms with Gasteiger partial charge in [-0.15, -0.1) is 0 Å². The molecular weight excluding hydrogens is 655 g/mol. The maximum atomic E-state index is 6.24. The summed E-state index contributed by atoms with van der Waals surface area (Å²) < 4.78 is 6.24. The van der Waals surface area contributed by atoms with E-state index in [1.165, 1.54) is 49.7 Å². The maximum absolute atomic E-state index is 6.24. The molecular formula is C52H35NO. The van der Waals surface area contributed by atoms with Crippen molar-refractivity contribution < 1.29 is 4.42 Å². The van der Waals surface area contributed by atoms with Crippen molar-refractivity contribution in [1.82, 2.24) is 0 Å². The van der Waals surface area contributed by atoms with Gasteiger partial charge in [-0.25, -0.2) is 0 Å². The quantitative estimate of drug-likeness (QED) is 0.166. The maximum Gasteiger partial charge on any atom is 0.135 e. The molecule has 254 valence electrons. The summed E-state index contributed by atoms with van der Waals surface area (Å²) >= 11 is 0. The Balaban J connectivity index is 1.07. The summed E-state index contributed by atoms with van der Waals surface area (Å²) in [5, 5.41) is 4.71. The standard InChI is InChI=1S/C52H35NO/c1-2-13-38(14-3-1)47-20-6-7-21-48(47)43-18-11-19-45(34-43)53(46-30-31-52-50(35-46)49-22-8-9-23-51(49)54-52)44-28-26-37(27-29-44)40-16-10-17-41(32-40)42-25-24-36-12-4-5-15-39(36)33-42/h1-35H. The van der Waals surface area contributed by atoms with Crippen LogP contribution < -0.4 is 4.90 Å². The topological polar surface area (TPSA) is 16.4 Å². The number of fused-ring (bicyclic) bond motifs is 4. The number of benzene rings is 9. The van der Waals surface area contributed by atoms with E-state index in [9.17, 15) is 0 Å². The molecule has 0 atom stereocenters. The van der Waals surface area contributed by atoms with Crippen LogP contribution in [-0.4, -0.2) is 0 Å². The lowest BCUT2D eigenvalue weighted by Gasteiger charge is -2.26. The fraction of sp³-hybridized carbons (Fsp3) is 0. The molecule has 2 nitrogen and oxygen atoms in total. The van der Waals surface area contributed by atoms with Crippen LogP contribution >= 0.6 is 0 Å². The van der Waals surface area contributed by atoms with Gasteiger partial charge in [0.25, 0.3) is 0 Å². The van der Waals surface area contributed by atoms with Crippen molar-refractivity contribution in [3.63, 3.8) is 0 Å². The normalized spacial score (nSPS) is 11.3. The second-order valence-electron chi connectivity index (χ2n) is 13.8. The summed E-state index contributed by atoms with van der Waals surface area (Å²) in [7, 11) is 0. The van der Waals surface area contributed by atoms with Gasteiger partial charge in [0.15, 0.2) is 0 Å². The summed E-state index contributed by atoms with van der Waals surface area (Å²) in [5.41, 5.74) is 14.5. The fourth-order valence-electron chi connectivity index (χ4n) is 7.77. The van der Waals surface area contributed by atoms with Crippen molar-refractivity contribution in [1.29, 1.82) is 0 Å². The second-order valence-corrected chi connectivity index (χ2v) is 13.8. The molecule has 0 N–H and O–H groups in total. The molecule has 2 heteroatoms. The molecule has 0 amide bonds. The molecule has 0 aliphatic rings. The Bertz CT molecular complexity index is 2940. The molecule has 0 bridgehead atoms. The molecule has 0 saturated carbocycles. The molecule has 0 unspecified atom stereocenters. The molecule has 54 heavy (non-hydrogen) atoms. The first kappa shape index (κ1) is 31.6. The lowest BCUT2D eigenvalue weighted by molar-refractivity contribution is 0.669. The Hall–Kier alpha value is -7.16. The molecule has 0 aliphatic heterocycles. The highest BCUT2D eigenvalue weighted by Crippen LogP contribution is 2.42. The van der Waals surface area contributed by atoms with E-state index in [-0.39, 0.29) is 0 Å². The molecule has 10 aromatic rings. The molecule has 0 saturated heterocycles. The monoisotopic (exact) mass is 689 g/mol. The lowest BCUT2D eigenvalue weighted by Crippen LogP contribution is -2.10. The van der Waals surface area contributed by atoms with E-state index < -0.39 is 0 Å². The van der Waals surface area contributed by atoms with Crippen LogP contribution in [0.25, 0.3) is 77.2 Å². The van der Waals surface area contributed by atoms with E-state index in [0.29, 0.717) is 0 Å². The van der Waals surface area contributed by atoms with Gasteiger partial charge in [0.2, 0.25) is 0 Å². The largest absolute Gasteiger partial charge is 0.456 e. The van der Waals surface area contributed by atoms with Crippen LogP contribution in [0.15, 0.2) is 217 Å². The first-order valence-electron chi connectivity index (χ1n) is 18.4. The van der Waals surface area contributed by atoms with Crippen molar-refractivity contribution in [2.45, 2.75) is 0 Å². The van der Waals surface area contributed by atoms with Crippen LogP contribution in [0.1, 0.15) is 0 Å². The summed E-state index contributed by atoms with van der Waals surface area (Å²) in [6.45, 7) is 0. The van der Waals surface area contributed by atoms with Gasteiger partial charge >= 0.3 is 0 Å². The summed E-state index contributed by atoms with van der Waals surface area (Å²) in [6, 6.07) is 76.0. The number of para-hydroxylation sites is 1. The molecule has 9 aromatic carbocycles. The number of nitrogens with zero attached hydrogens (tertiary/aromatic N) is 1. The molecule has 10 rings (SSSR count). The Kier molecular flexibility index (Phi) is 7.85. The van der Waals surface area contributed by atoms with Gasteiger partial charge in [-0.1, -0.05) is 152 Å². The van der Waals surface area contributed by atoms with Crippen molar-refractivity contribution >= 4 is 49.8 Å². The number of furan rings is 1. The van der Waals surface area contributed by atoms with E-state index in [0.717, 1.165) is 44.6 Å². The zero-order chi connectivity index (χ0) is 35.8. The van der Waals surface area contributed by atoms with Crippen molar-refractivity contribution in [2.75, 3.05) is 4.90 Å². The van der Waals surface area contributed by atoms with E-state index in [1.807, 2.05) is 12.1 Å². The molecule has 1 aromatic heterocycles. The third kappa shape index (κ3) is 5.81. The predicted molar refractivity (Wildman–Crippen MR) is 228 cm³/mol. The predicted octanol–water partition coefficient (Wildman–Crippen LogP) is 14.9. The van der Waals surface area contributed by atoms with Gasteiger partial charge in [-0.2, -0.15) is 0 Å². The van der Waals surface area contributed by atoms with Crippen LogP contribution in [-0.2, 0) is 0 Å². The third-order valence-electron chi connectivity index (χ3n) is 10.4. The van der Waals surface area contributed by atoms with E-state index in [2.05, 4.69) is 205 Å². The Labute approximate surface area is 314 Å². The van der Waals surface area contributed by atoms with Crippen LogP contribution in [0.2, 0.25) is 0 Å². The Morgan fingerprint density at radius 1 is 0.278 bits per heavy atom. The zero-order valence-corrected chi connectivity index (χ0v) is 29.6. The van der Waals surface area contributed by atoms with Gasteiger partial charge in [-0.3, -0.25) is 0 Å². The van der Waals surface area contributed by atoms with Crippen LogP contribution in [0.3, 0.4) is 0 Å². The molecule has 0 radical (unpaired) electrons. The van der Waals surface area contributed by atoms with Crippen molar-refractivity contribution in [3.05, 3.63) is 212 Å². The minimum Gasteiger partial charge on any atom is -0.456 e. The van der Waals surface area contributed by atoms with Gasteiger partial charge in [0.05, 0.1) is 0 Å². The first-order valence-corrected chi connectivity index (χ1v) is 18.4. The number of rotatable bonds is 7. The SMILES string of the molecule is c1ccc(-c2ccccc2-c2cccc(N(c3ccc(-c4cccc(-c5ccc6ccccc6c5)c4)cc3)c3ccc4oc5ccccc5c4c3)c2)cc1. The highest BCUT2D eigenvalue weighted by molar-refractivity contribution is 6.06.